The molecule has 0 aliphatic heterocycles. The molecule has 0 unspecified atom stereocenters. The Morgan fingerprint density at radius 2 is 1.80 bits per heavy atom. The summed E-state index contributed by atoms with van der Waals surface area (Å²) in [5, 5.41) is 5.99. The average Bonchev–Trinajstić information content (AvgIpc) is 3.03. The molecule has 25 heavy (non-hydrogen) atoms. The van der Waals surface area contributed by atoms with E-state index in [9.17, 15) is 22.8 Å². The van der Waals surface area contributed by atoms with Gasteiger partial charge in [0.1, 0.15) is 10.8 Å². The molecule has 1 aromatic heterocycles. The fraction of sp³-hybridized carbons (Fsp3) is 0.133. The highest BCUT2D eigenvalue weighted by Crippen LogP contribution is 2.23. The molecule has 0 saturated heterocycles. The van der Waals surface area contributed by atoms with E-state index in [0.717, 1.165) is 18.4 Å². The number of benzene rings is 1. The number of carbonyl (C=O) groups excluding carboxylic acids is 3. The Morgan fingerprint density at radius 3 is 2.44 bits per heavy atom. The van der Waals surface area contributed by atoms with Gasteiger partial charge in [0.15, 0.2) is 9.84 Å². The smallest absolute Gasteiger partial charge is 0.413 e. The summed E-state index contributed by atoms with van der Waals surface area (Å²) in [4.78, 5) is 35.1. The number of hydrogen-bond acceptors (Lipinski definition) is 7. The van der Waals surface area contributed by atoms with Crippen LogP contribution < -0.4 is 10.6 Å². The van der Waals surface area contributed by atoms with Gasteiger partial charge in [0.2, 0.25) is 5.91 Å². The molecule has 10 heteroatoms. The Kier molecular flexibility index (Phi) is 5.88. The first-order valence-electron chi connectivity index (χ1n) is 6.88. The molecular formula is C15H14N2O6S2. The van der Waals surface area contributed by atoms with Crippen molar-refractivity contribution in [2.24, 2.45) is 0 Å². The SMILES string of the molecule is COC(=O)NC(=O)c1ccsc1NC(=O)CS(=O)(=O)c1ccccc1. The number of ether oxygens (including phenoxy) is 1. The maximum absolute atomic E-state index is 12.2. The van der Waals surface area contributed by atoms with Crippen molar-refractivity contribution in [3.8, 4) is 0 Å². The van der Waals surface area contributed by atoms with Gasteiger partial charge in [0, 0.05) is 0 Å². The summed E-state index contributed by atoms with van der Waals surface area (Å²) in [5.41, 5.74) is 0.0286. The van der Waals surface area contributed by atoms with Crippen LogP contribution in [0.1, 0.15) is 10.4 Å². The van der Waals surface area contributed by atoms with Gasteiger partial charge >= 0.3 is 6.09 Å². The lowest BCUT2D eigenvalue weighted by Crippen LogP contribution is -2.31. The molecular weight excluding hydrogens is 368 g/mol. The van der Waals surface area contributed by atoms with Crippen molar-refractivity contribution in [3.05, 3.63) is 47.3 Å². The van der Waals surface area contributed by atoms with Crippen molar-refractivity contribution in [1.82, 2.24) is 5.32 Å². The predicted octanol–water partition coefficient (Wildman–Crippen LogP) is 1.66. The number of thiophene rings is 1. The number of methoxy groups -OCH3 is 1. The number of nitrogens with one attached hydrogen (secondary N) is 2. The van der Waals surface area contributed by atoms with E-state index in [0.29, 0.717) is 0 Å². The molecule has 2 aromatic rings. The van der Waals surface area contributed by atoms with Crippen molar-refractivity contribution >= 4 is 44.1 Å². The van der Waals surface area contributed by atoms with Gasteiger partial charge in [-0.25, -0.2) is 13.2 Å². The topological polar surface area (TPSA) is 119 Å². The van der Waals surface area contributed by atoms with Crippen molar-refractivity contribution in [1.29, 1.82) is 0 Å². The molecule has 0 aliphatic carbocycles. The van der Waals surface area contributed by atoms with Crippen molar-refractivity contribution in [2.75, 3.05) is 18.2 Å². The average molecular weight is 382 g/mol. The van der Waals surface area contributed by atoms with Crippen LogP contribution in [0.15, 0.2) is 46.7 Å². The summed E-state index contributed by atoms with van der Waals surface area (Å²) in [5.74, 6) is -2.33. The molecule has 0 fully saturated rings. The fourth-order valence-electron chi connectivity index (χ4n) is 1.84. The second kappa shape index (κ2) is 7.90. The number of carbonyl (C=O) groups is 3. The van der Waals surface area contributed by atoms with Crippen molar-refractivity contribution in [2.45, 2.75) is 4.90 Å². The zero-order valence-corrected chi connectivity index (χ0v) is 14.6. The molecule has 1 aromatic carbocycles. The van der Waals surface area contributed by atoms with Crippen LogP contribution in [-0.2, 0) is 19.4 Å². The maximum atomic E-state index is 12.2. The van der Waals surface area contributed by atoms with E-state index in [2.05, 4.69) is 10.1 Å². The van der Waals surface area contributed by atoms with Crippen molar-refractivity contribution < 1.29 is 27.5 Å². The first-order chi connectivity index (χ1) is 11.8. The largest absolute Gasteiger partial charge is 0.453 e. The Labute approximate surface area is 147 Å². The zero-order chi connectivity index (χ0) is 18.4. The quantitative estimate of drug-likeness (QED) is 0.812. The van der Waals surface area contributed by atoms with Crippen LogP contribution in [0.5, 0.6) is 0 Å². The third-order valence-corrected chi connectivity index (χ3v) is 5.45. The van der Waals surface area contributed by atoms with Crippen LogP contribution in [0.25, 0.3) is 0 Å². The zero-order valence-electron chi connectivity index (χ0n) is 13.0. The van der Waals surface area contributed by atoms with Crippen LogP contribution >= 0.6 is 11.3 Å². The van der Waals surface area contributed by atoms with Gasteiger partial charge in [-0.2, -0.15) is 0 Å². The van der Waals surface area contributed by atoms with Gasteiger partial charge < -0.3 is 10.1 Å². The van der Waals surface area contributed by atoms with Gasteiger partial charge in [0.05, 0.1) is 17.6 Å². The van der Waals surface area contributed by atoms with Gasteiger partial charge in [-0.3, -0.25) is 14.9 Å². The molecule has 2 N–H and O–H groups in total. The van der Waals surface area contributed by atoms with E-state index in [-0.39, 0.29) is 15.5 Å². The highest BCUT2D eigenvalue weighted by atomic mass is 32.2. The number of alkyl carbamates (subject to hydrolysis) is 1. The summed E-state index contributed by atoms with van der Waals surface area (Å²) >= 11 is 1.02. The van der Waals surface area contributed by atoms with E-state index in [1.165, 1.54) is 23.6 Å². The van der Waals surface area contributed by atoms with Gasteiger partial charge in [0.25, 0.3) is 5.91 Å². The van der Waals surface area contributed by atoms with Crippen LogP contribution in [0, 0.1) is 0 Å². The van der Waals surface area contributed by atoms with Gasteiger partial charge in [-0.05, 0) is 23.6 Å². The van der Waals surface area contributed by atoms with Crippen LogP contribution in [0.2, 0.25) is 0 Å². The first-order valence-corrected chi connectivity index (χ1v) is 9.41. The number of sulfone groups is 1. The Hall–Kier alpha value is -2.72. The number of amides is 3. The number of rotatable bonds is 5. The maximum Gasteiger partial charge on any atom is 0.413 e. The van der Waals surface area contributed by atoms with Crippen molar-refractivity contribution in [3.63, 3.8) is 0 Å². The summed E-state index contributed by atoms with van der Waals surface area (Å²) in [7, 11) is -2.70. The van der Waals surface area contributed by atoms with E-state index < -0.39 is 33.5 Å². The third kappa shape index (κ3) is 4.88. The lowest BCUT2D eigenvalue weighted by molar-refractivity contribution is -0.113. The van der Waals surface area contributed by atoms with Gasteiger partial charge in [-0.1, -0.05) is 18.2 Å². The molecule has 0 atom stereocenters. The molecule has 132 valence electrons. The molecule has 0 spiro atoms. The second-order valence-electron chi connectivity index (χ2n) is 4.73. The van der Waals surface area contributed by atoms with Crippen LogP contribution in [-0.4, -0.2) is 39.2 Å². The lowest BCUT2D eigenvalue weighted by Gasteiger charge is -2.07. The highest BCUT2D eigenvalue weighted by molar-refractivity contribution is 7.92. The molecule has 0 aliphatic rings. The van der Waals surface area contributed by atoms with Crippen LogP contribution in [0.4, 0.5) is 9.80 Å². The Bertz CT molecular complexity index is 890. The minimum Gasteiger partial charge on any atom is -0.453 e. The van der Waals surface area contributed by atoms with Gasteiger partial charge in [-0.15, -0.1) is 11.3 Å². The van der Waals surface area contributed by atoms with Crippen LogP contribution in [0.3, 0.4) is 0 Å². The van der Waals surface area contributed by atoms with E-state index in [1.54, 1.807) is 18.2 Å². The fourth-order valence-corrected chi connectivity index (χ4v) is 3.80. The monoisotopic (exact) mass is 382 g/mol. The Morgan fingerprint density at radius 1 is 1.12 bits per heavy atom. The minimum absolute atomic E-state index is 0.0278. The summed E-state index contributed by atoms with van der Waals surface area (Å²) in [6, 6.07) is 8.95. The highest BCUT2D eigenvalue weighted by Gasteiger charge is 2.22. The molecule has 2 rings (SSSR count). The molecule has 1 heterocycles. The lowest BCUT2D eigenvalue weighted by atomic mass is 10.3. The molecule has 8 nitrogen and oxygen atoms in total. The second-order valence-corrected chi connectivity index (χ2v) is 7.64. The van der Waals surface area contributed by atoms with E-state index in [4.69, 9.17) is 0 Å². The standard InChI is InChI=1S/C15H14N2O6S2/c1-23-15(20)17-13(19)11-7-8-24-14(11)16-12(18)9-25(21,22)10-5-3-2-4-6-10/h2-8H,9H2,1H3,(H,16,18)(H,17,19,20). The number of anilines is 1. The summed E-state index contributed by atoms with van der Waals surface area (Å²) in [6.07, 6.45) is -0.944. The first kappa shape index (κ1) is 18.6. The summed E-state index contributed by atoms with van der Waals surface area (Å²) < 4.78 is 28.7. The Balaban J connectivity index is 2.08. The molecule has 0 bridgehead atoms. The number of imide groups is 1. The normalized spacial score (nSPS) is 10.8. The molecule has 0 saturated carbocycles. The molecule has 0 radical (unpaired) electrons. The third-order valence-electron chi connectivity index (χ3n) is 2.99. The summed E-state index contributed by atoms with van der Waals surface area (Å²) in [6.45, 7) is 0. The van der Waals surface area contributed by atoms with E-state index in [1.807, 2.05) is 5.32 Å². The molecule has 3 amide bonds. The predicted molar refractivity (Wildman–Crippen MR) is 91.3 cm³/mol. The minimum atomic E-state index is -3.80. The van der Waals surface area contributed by atoms with E-state index >= 15 is 0 Å². The number of hydrogen-bond donors (Lipinski definition) is 2.